The number of nitrogens with zero attached hydrogens (tertiary/aromatic N) is 4. The van der Waals surface area contributed by atoms with Crippen LogP contribution >= 0.6 is 0 Å². The second-order valence-corrected chi connectivity index (χ2v) is 8.10. The van der Waals surface area contributed by atoms with Crippen molar-refractivity contribution in [1.82, 2.24) is 19.5 Å². The Morgan fingerprint density at radius 1 is 1.17 bits per heavy atom. The largest absolute Gasteiger partial charge is 0.322 e. The fourth-order valence-electron chi connectivity index (χ4n) is 4.03. The minimum absolute atomic E-state index is 0.0112. The molecule has 1 saturated carbocycles. The topological polar surface area (TPSA) is 62.5 Å². The van der Waals surface area contributed by atoms with E-state index in [1.807, 2.05) is 30.2 Å². The van der Waals surface area contributed by atoms with Crippen molar-refractivity contribution < 1.29 is 4.79 Å². The number of nitrogens with one attached hydrogen (secondary N) is 1. The van der Waals surface area contributed by atoms with Crippen LogP contribution in [0.1, 0.15) is 51.8 Å². The summed E-state index contributed by atoms with van der Waals surface area (Å²) in [6, 6.07) is 3.78. The smallest absolute Gasteiger partial charge is 0.319 e. The van der Waals surface area contributed by atoms with Crippen LogP contribution in [0.2, 0.25) is 0 Å². The summed E-state index contributed by atoms with van der Waals surface area (Å²) in [5.41, 5.74) is 2.06. The number of aromatic nitrogens is 3. The van der Waals surface area contributed by atoms with Gasteiger partial charge in [-0.2, -0.15) is 5.10 Å². The minimum Gasteiger partial charge on any atom is -0.319 e. The van der Waals surface area contributed by atoms with Crippen molar-refractivity contribution in [3.8, 4) is 0 Å². The van der Waals surface area contributed by atoms with Crippen molar-refractivity contribution in [2.45, 2.75) is 58.4 Å². The lowest BCUT2D eigenvalue weighted by Gasteiger charge is -2.57. The van der Waals surface area contributed by atoms with Gasteiger partial charge in [0.15, 0.2) is 5.65 Å². The molecular weight excluding hydrogens is 302 g/mol. The zero-order valence-electron chi connectivity index (χ0n) is 14.7. The first kappa shape index (κ1) is 15.4. The number of urea groups is 1. The Hall–Kier alpha value is -2.11. The Morgan fingerprint density at radius 2 is 1.92 bits per heavy atom. The van der Waals surface area contributed by atoms with Crippen LogP contribution in [-0.4, -0.2) is 37.6 Å². The molecule has 4 rings (SSSR count). The van der Waals surface area contributed by atoms with Crippen LogP contribution < -0.4 is 5.32 Å². The van der Waals surface area contributed by atoms with E-state index in [4.69, 9.17) is 0 Å². The molecule has 1 spiro atoms. The van der Waals surface area contributed by atoms with E-state index in [2.05, 4.69) is 29.2 Å². The van der Waals surface area contributed by atoms with Crippen LogP contribution in [0.3, 0.4) is 0 Å². The van der Waals surface area contributed by atoms with Gasteiger partial charge in [-0.05, 0) is 56.6 Å². The number of carbonyl (C=O) groups excluding carboxylic acids is 1. The van der Waals surface area contributed by atoms with E-state index in [0.29, 0.717) is 5.41 Å². The van der Waals surface area contributed by atoms with E-state index in [0.717, 1.165) is 43.0 Å². The van der Waals surface area contributed by atoms with Gasteiger partial charge in [-0.3, -0.25) is 0 Å². The maximum Gasteiger partial charge on any atom is 0.322 e. The fraction of sp³-hybridized carbons (Fsp3) is 0.611. The highest BCUT2D eigenvalue weighted by molar-refractivity contribution is 5.90. The minimum atomic E-state index is 0.0112. The highest BCUT2D eigenvalue weighted by Crippen LogP contribution is 2.48. The van der Waals surface area contributed by atoms with Gasteiger partial charge in [-0.15, -0.1) is 0 Å². The monoisotopic (exact) mass is 327 g/mol. The number of anilines is 1. The number of pyridine rings is 1. The summed E-state index contributed by atoms with van der Waals surface area (Å²) in [6.45, 7) is 7.38. The second kappa shape index (κ2) is 5.19. The predicted octanol–water partition coefficient (Wildman–Crippen LogP) is 3.61. The lowest BCUT2D eigenvalue weighted by atomic mass is 9.65. The SMILES string of the molecule is Cc1nc2ccc(NC(=O)N3CCC34CCC(C)(C)CC4)cn2n1. The molecule has 2 fully saturated rings. The van der Waals surface area contributed by atoms with Crippen molar-refractivity contribution in [3.05, 3.63) is 24.2 Å². The van der Waals surface area contributed by atoms with Crippen molar-refractivity contribution in [3.63, 3.8) is 0 Å². The molecule has 0 radical (unpaired) electrons. The molecule has 3 heterocycles. The number of aryl methyl sites for hydroxylation is 1. The molecule has 2 aliphatic rings. The standard InChI is InChI=1S/C18H25N5O/c1-13-19-15-5-4-14(12-23(15)21-13)20-16(24)22-11-10-18(22)8-6-17(2,3)7-9-18/h4-5,12H,6-11H2,1-3H3,(H,20,24). The van der Waals surface area contributed by atoms with E-state index < -0.39 is 0 Å². The quantitative estimate of drug-likeness (QED) is 0.870. The summed E-state index contributed by atoms with van der Waals surface area (Å²) in [7, 11) is 0. The predicted molar refractivity (Wildman–Crippen MR) is 93.0 cm³/mol. The third-order valence-corrected chi connectivity index (χ3v) is 5.84. The molecule has 1 aliphatic heterocycles. The van der Waals surface area contributed by atoms with E-state index in [9.17, 15) is 4.79 Å². The second-order valence-electron chi connectivity index (χ2n) is 8.10. The summed E-state index contributed by atoms with van der Waals surface area (Å²) < 4.78 is 1.71. The van der Waals surface area contributed by atoms with Crippen LogP contribution in [0.4, 0.5) is 10.5 Å². The first-order chi connectivity index (χ1) is 11.4. The average molecular weight is 327 g/mol. The Balaban J connectivity index is 1.47. The van der Waals surface area contributed by atoms with Crippen molar-refractivity contribution in [1.29, 1.82) is 0 Å². The average Bonchev–Trinajstić information content (AvgIpc) is 2.85. The number of likely N-dealkylation sites (tertiary alicyclic amines) is 1. The normalized spacial score (nSPS) is 21.7. The number of rotatable bonds is 1. The van der Waals surface area contributed by atoms with Gasteiger partial charge in [-0.25, -0.2) is 14.3 Å². The molecule has 6 heteroatoms. The molecule has 128 valence electrons. The Morgan fingerprint density at radius 3 is 2.58 bits per heavy atom. The van der Waals surface area contributed by atoms with Crippen LogP contribution in [0.25, 0.3) is 5.65 Å². The van der Waals surface area contributed by atoms with E-state index >= 15 is 0 Å². The fourth-order valence-corrected chi connectivity index (χ4v) is 4.03. The molecular formula is C18H25N5O. The molecule has 0 aromatic carbocycles. The number of hydrogen-bond acceptors (Lipinski definition) is 3. The first-order valence-electron chi connectivity index (χ1n) is 8.79. The van der Waals surface area contributed by atoms with Crippen molar-refractivity contribution in [2.24, 2.45) is 5.41 Å². The van der Waals surface area contributed by atoms with Crippen molar-refractivity contribution in [2.75, 3.05) is 11.9 Å². The van der Waals surface area contributed by atoms with E-state index in [-0.39, 0.29) is 11.6 Å². The van der Waals surface area contributed by atoms with E-state index in [1.165, 1.54) is 12.8 Å². The van der Waals surface area contributed by atoms with Gasteiger partial charge in [-0.1, -0.05) is 13.8 Å². The van der Waals surface area contributed by atoms with Gasteiger partial charge in [0.05, 0.1) is 11.9 Å². The summed E-state index contributed by atoms with van der Waals surface area (Å²) in [5.74, 6) is 0.727. The summed E-state index contributed by atoms with van der Waals surface area (Å²) >= 11 is 0. The number of hydrogen-bond donors (Lipinski definition) is 1. The Labute approximate surface area is 142 Å². The highest BCUT2D eigenvalue weighted by Gasteiger charge is 2.50. The highest BCUT2D eigenvalue weighted by atomic mass is 16.2. The van der Waals surface area contributed by atoms with E-state index in [1.54, 1.807) is 4.52 Å². The molecule has 24 heavy (non-hydrogen) atoms. The Bertz CT molecular complexity index is 784. The van der Waals surface area contributed by atoms with Gasteiger partial charge in [0, 0.05) is 12.1 Å². The van der Waals surface area contributed by atoms with Crippen LogP contribution in [0.15, 0.2) is 18.3 Å². The molecule has 1 aliphatic carbocycles. The summed E-state index contributed by atoms with van der Waals surface area (Å²) in [6.07, 6.45) is 7.59. The maximum atomic E-state index is 12.7. The molecule has 1 N–H and O–H groups in total. The molecule has 1 saturated heterocycles. The third kappa shape index (κ3) is 2.54. The lowest BCUT2D eigenvalue weighted by Crippen LogP contribution is -2.64. The molecule has 0 bridgehead atoms. The van der Waals surface area contributed by atoms with Crippen LogP contribution in [0.5, 0.6) is 0 Å². The number of amides is 2. The van der Waals surface area contributed by atoms with Gasteiger partial charge >= 0.3 is 6.03 Å². The van der Waals surface area contributed by atoms with Gasteiger partial charge < -0.3 is 10.2 Å². The number of carbonyl (C=O) groups is 1. The summed E-state index contributed by atoms with van der Waals surface area (Å²) in [5, 5.41) is 7.34. The number of fused-ring (bicyclic) bond motifs is 1. The first-order valence-corrected chi connectivity index (χ1v) is 8.79. The molecule has 0 unspecified atom stereocenters. The molecule has 2 aromatic rings. The molecule has 2 aromatic heterocycles. The van der Waals surface area contributed by atoms with Gasteiger partial charge in [0.25, 0.3) is 0 Å². The zero-order chi connectivity index (χ0) is 16.9. The Kier molecular flexibility index (Phi) is 3.34. The van der Waals surface area contributed by atoms with Gasteiger partial charge in [0.1, 0.15) is 5.82 Å². The van der Waals surface area contributed by atoms with Crippen molar-refractivity contribution >= 4 is 17.4 Å². The van der Waals surface area contributed by atoms with Crippen LogP contribution in [0, 0.1) is 12.3 Å². The zero-order valence-corrected chi connectivity index (χ0v) is 14.7. The maximum absolute atomic E-state index is 12.7. The molecule has 6 nitrogen and oxygen atoms in total. The third-order valence-electron chi connectivity index (χ3n) is 5.84. The molecule has 0 atom stereocenters. The van der Waals surface area contributed by atoms with Gasteiger partial charge in [0.2, 0.25) is 0 Å². The lowest BCUT2D eigenvalue weighted by molar-refractivity contribution is -0.0255. The molecule has 2 amide bonds. The summed E-state index contributed by atoms with van der Waals surface area (Å²) in [4.78, 5) is 19.1. The van der Waals surface area contributed by atoms with Crippen LogP contribution in [-0.2, 0) is 0 Å².